The fourth-order valence-electron chi connectivity index (χ4n) is 0.981. The first kappa shape index (κ1) is 11.6. The third kappa shape index (κ3) is 4.15. The number of nitrogens with two attached hydrogens (primary N) is 1. The summed E-state index contributed by atoms with van der Waals surface area (Å²) in [4.78, 5) is 4.05. The Morgan fingerprint density at radius 2 is 2.43 bits per heavy atom. The maximum atomic E-state index is 5.42. The molecule has 0 aliphatic rings. The van der Waals surface area contributed by atoms with E-state index >= 15 is 0 Å². The average molecular weight is 232 g/mol. The molecule has 0 aliphatic heterocycles. The van der Waals surface area contributed by atoms with E-state index in [1.807, 2.05) is 11.8 Å². The minimum atomic E-state index is 0.354. The van der Waals surface area contributed by atoms with Gasteiger partial charge in [-0.3, -0.25) is 0 Å². The molecule has 1 atom stereocenters. The average Bonchev–Trinajstić information content (AvgIpc) is 2.52. The van der Waals surface area contributed by atoms with Gasteiger partial charge in [-0.1, -0.05) is 6.92 Å². The van der Waals surface area contributed by atoms with Crippen LogP contribution in [0.2, 0.25) is 0 Å². The summed E-state index contributed by atoms with van der Waals surface area (Å²) in [6.07, 6.45) is 1.14. The second-order valence-corrected chi connectivity index (χ2v) is 5.13. The lowest BCUT2D eigenvalue weighted by molar-refractivity contribution is 0.770. The van der Waals surface area contributed by atoms with Crippen molar-refractivity contribution in [2.24, 2.45) is 0 Å². The van der Waals surface area contributed by atoms with Crippen LogP contribution in [0.3, 0.4) is 0 Å². The Morgan fingerprint density at radius 1 is 1.64 bits per heavy atom. The van der Waals surface area contributed by atoms with Crippen molar-refractivity contribution in [2.75, 3.05) is 22.6 Å². The van der Waals surface area contributed by atoms with Crippen molar-refractivity contribution in [3.63, 3.8) is 0 Å². The summed E-state index contributed by atoms with van der Waals surface area (Å²) < 4.78 is 3.91. The van der Waals surface area contributed by atoms with Gasteiger partial charge in [0.25, 0.3) is 0 Å². The molecule has 0 saturated heterocycles. The lowest BCUT2D eigenvalue weighted by Crippen LogP contribution is -2.15. The topological polar surface area (TPSA) is 63.8 Å². The summed E-state index contributed by atoms with van der Waals surface area (Å²) in [6, 6.07) is 0.432. The Morgan fingerprint density at radius 3 is 3.00 bits per heavy atom. The number of anilines is 2. The molecule has 0 aliphatic carbocycles. The predicted molar refractivity (Wildman–Crippen MR) is 65.0 cm³/mol. The molecule has 1 rings (SSSR count). The van der Waals surface area contributed by atoms with Crippen molar-refractivity contribution in [3.05, 3.63) is 0 Å². The largest absolute Gasteiger partial charge is 0.367 e. The van der Waals surface area contributed by atoms with Crippen LogP contribution in [0.25, 0.3) is 0 Å². The molecule has 0 aromatic carbocycles. The molecular formula is C8H16N4S2. The number of hydrogen-bond donors (Lipinski definition) is 2. The zero-order valence-corrected chi connectivity index (χ0v) is 10.1. The fraction of sp³-hybridized carbons (Fsp3) is 0.750. The molecule has 1 heterocycles. The van der Waals surface area contributed by atoms with Crippen LogP contribution < -0.4 is 11.1 Å². The molecule has 0 amide bonds. The lowest BCUT2D eigenvalue weighted by atomic mass is 10.3. The van der Waals surface area contributed by atoms with Gasteiger partial charge in [-0.25, -0.2) is 0 Å². The first-order valence-electron chi connectivity index (χ1n) is 4.65. The van der Waals surface area contributed by atoms with Crippen molar-refractivity contribution in [3.8, 4) is 0 Å². The SMILES string of the molecule is CCSCCC(C)Nc1nc(N)ns1. The molecule has 14 heavy (non-hydrogen) atoms. The smallest absolute Gasteiger partial charge is 0.233 e. The summed E-state index contributed by atoms with van der Waals surface area (Å²) in [5.41, 5.74) is 5.42. The van der Waals surface area contributed by atoms with E-state index < -0.39 is 0 Å². The molecule has 0 saturated carbocycles. The summed E-state index contributed by atoms with van der Waals surface area (Å²) in [5.74, 6) is 2.71. The van der Waals surface area contributed by atoms with Gasteiger partial charge in [0, 0.05) is 17.6 Å². The normalized spacial score (nSPS) is 12.7. The second-order valence-electron chi connectivity index (χ2n) is 2.99. The summed E-state index contributed by atoms with van der Waals surface area (Å²) in [6.45, 7) is 4.32. The van der Waals surface area contributed by atoms with Crippen LogP contribution in [0.4, 0.5) is 11.1 Å². The highest BCUT2D eigenvalue weighted by molar-refractivity contribution is 7.99. The second kappa shape index (κ2) is 6.08. The zero-order valence-electron chi connectivity index (χ0n) is 8.49. The molecular weight excluding hydrogens is 216 g/mol. The highest BCUT2D eigenvalue weighted by atomic mass is 32.2. The van der Waals surface area contributed by atoms with E-state index in [0.29, 0.717) is 12.0 Å². The van der Waals surface area contributed by atoms with Gasteiger partial charge in [-0.2, -0.15) is 21.1 Å². The minimum absolute atomic E-state index is 0.354. The number of aromatic nitrogens is 2. The van der Waals surface area contributed by atoms with Crippen molar-refractivity contribution in [1.29, 1.82) is 0 Å². The number of nitrogens with zero attached hydrogens (tertiary/aromatic N) is 2. The molecule has 1 unspecified atom stereocenters. The van der Waals surface area contributed by atoms with Crippen LogP contribution in [0.15, 0.2) is 0 Å². The van der Waals surface area contributed by atoms with Crippen LogP contribution in [0, 0.1) is 0 Å². The molecule has 0 bridgehead atoms. The van der Waals surface area contributed by atoms with Crippen LogP contribution in [0.1, 0.15) is 20.3 Å². The van der Waals surface area contributed by atoms with Crippen LogP contribution in [0.5, 0.6) is 0 Å². The quantitative estimate of drug-likeness (QED) is 0.735. The van der Waals surface area contributed by atoms with Gasteiger partial charge < -0.3 is 11.1 Å². The molecule has 80 valence electrons. The monoisotopic (exact) mass is 232 g/mol. The van der Waals surface area contributed by atoms with Gasteiger partial charge in [-0.05, 0) is 24.9 Å². The minimum Gasteiger partial charge on any atom is -0.367 e. The summed E-state index contributed by atoms with van der Waals surface area (Å²) >= 11 is 3.27. The van der Waals surface area contributed by atoms with E-state index in [9.17, 15) is 0 Å². The zero-order chi connectivity index (χ0) is 10.4. The standard InChI is InChI=1S/C8H16N4S2/c1-3-13-5-4-6(2)10-8-11-7(9)12-14-8/h6H,3-5H2,1-2H3,(H3,9,10,11,12). The third-order valence-corrected chi connectivity index (χ3v) is 3.30. The van der Waals surface area contributed by atoms with E-state index in [0.717, 1.165) is 11.6 Å². The maximum Gasteiger partial charge on any atom is 0.233 e. The lowest BCUT2D eigenvalue weighted by Gasteiger charge is -2.11. The molecule has 4 nitrogen and oxygen atoms in total. The Kier molecular flexibility index (Phi) is 5.03. The Bertz CT molecular complexity index is 264. The predicted octanol–water partition coefficient (Wildman–Crippen LogP) is 2.06. The number of hydrogen-bond acceptors (Lipinski definition) is 6. The van der Waals surface area contributed by atoms with Crippen molar-refractivity contribution >= 4 is 34.4 Å². The van der Waals surface area contributed by atoms with Gasteiger partial charge in [-0.15, -0.1) is 0 Å². The van der Waals surface area contributed by atoms with Crippen LogP contribution in [-0.4, -0.2) is 26.9 Å². The van der Waals surface area contributed by atoms with Gasteiger partial charge in [0.1, 0.15) is 0 Å². The van der Waals surface area contributed by atoms with Crippen molar-refractivity contribution < 1.29 is 0 Å². The van der Waals surface area contributed by atoms with Crippen molar-refractivity contribution in [1.82, 2.24) is 9.36 Å². The molecule has 0 fully saturated rings. The molecule has 1 aromatic rings. The summed E-state index contributed by atoms with van der Waals surface area (Å²) in [7, 11) is 0. The molecule has 3 N–H and O–H groups in total. The van der Waals surface area contributed by atoms with Gasteiger partial charge >= 0.3 is 0 Å². The molecule has 6 heteroatoms. The van der Waals surface area contributed by atoms with Gasteiger partial charge in [0.15, 0.2) is 0 Å². The highest BCUT2D eigenvalue weighted by Gasteiger charge is 2.05. The van der Waals surface area contributed by atoms with Gasteiger partial charge in [0.05, 0.1) is 0 Å². The summed E-state index contributed by atoms with van der Waals surface area (Å²) in [5, 5.41) is 4.09. The molecule has 1 aromatic heterocycles. The van der Waals surface area contributed by atoms with E-state index in [1.54, 1.807) is 0 Å². The third-order valence-electron chi connectivity index (χ3n) is 1.71. The number of thioether (sulfide) groups is 1. The van der Waals surface area contributed by atoms with E-state index in [2.05, 4.69) is 28.5 Å². The molecule has 0 radical (unpaired) electrons. The first-order valence-corrected chi connectivity index (χ1v) is 6.58. The number of nitrogens with one attached hydrogen (secondary N) is 1. The first-order chi connectivity index (χ1) is 6.72. The van der Waals surface area contributed by atoms with E-state index in [-0.39, 0.29) is 0 Å². The van der Waals surface area contributed by atoms with E-state index in [1.165, 1.54) is 23.0 Å². The van der Waals surface area contributed by atoms with Crippen LogP contribution >= 0.6 is 23.3 Å². The Balaban J connectivity index is 2.23. The Hall–Kier alpha value is -0.490. The van der Waals surface area contributed by atoms with Crippen LogP contribution in [-0.2, 0) is 0 Å². The number of nitrogen functional groups attached to an aromatic ring is 1. The van der Waals surface area contributed by atoms with E-state index in [4.69, 9.17) is 5.73 Å². The maximum absolute atomic E-state index is 5.42. The van der Waals surface area contributed by atoms with Crippen molar-refractivity contribution in [2.45, 2.75) is 26.3 Å². The fourth-order valence-corrected chi connectivity index (χ4v) is 2.40. The molecule has 0 spiro atoms. The van der Waals surface area contributed by atoms with Gasteiger partial charge in [0.2, 0.25) is 11.1 Å². The highest BCUT2D eigenvalue weighted by Crippen LogP contribution is 2.14. The number of rotatable bonds is 6. The Labute approximate surface area is 92.9 Å².